The van der Waals surface area contributed by atoms with Gasteiger partial charge in [0.1, 0.15) is 23.8 Å². The fourth-order valence-corrected chi connectivity index (χ4v) is 1.93. The standard InChI is InChI=1S/C16H20N4O4/c1-11-8-14(20-24-11)10-18-16(22)17-6-7-23-15-5-3-4-13(9-15)19-12(2)21/h3-5,8-9H,6-7,10H2,1-2H3,(H,19,21)(H2,17,18,22). The summed E-state index contributed by atoms with van der Waals surface area (Å²) in [6, 6.07) is 8.48. The van der Waals surface area contributed by atoms with Crippen LogP contribution in [0, 0.1) is 6.92 Å². The third kappa shape index (κ3) is 5.99. The van der Waals surface area contributed by atoms with Crippen molar-refractivity contribution < 1.29 is 18.8 Å². The van der Waals surface area contributed by atoms with Crippen LogP contribution in [0.3, 0.4) is 0 Å². The van der Waals surface area contributed by atoms with Gasteiger partial charge in [0, 0.05) is 24.7 Å². The molecule has 0 saturated heterocycles. The number of rotatable bonds is 7. The highest BCUT2D eigenvalue weighted by atomic mass is 16.5. The van der Waals surface area contributed by atoms with Gasteiger partial charge in [0.2, 0.25) is 5.91 Å². The highest BCUT2D eigenvalue weighted by Gasteiger charge is 2.04. The van der Waals surface area contributed by atoms with E-state index in [2.05, 4.69) is 21.1 Å². The average molecular weight is 332 g/mol. The van der Waals surface area contributed by atoms with E-state index in [-0.39, 0.29) is 11.9 Å². The molecule has 128 valence electrons. The number of hydrogen-bond donors (Lipinski definition) is 3. The normalized spacial score (nSPS) is 10.1. The first kappa shape index (κ1) is 17.3. The molecule has 1 aromatic carbocycles. The maximum absolute atomic E-state index is 11.6. The van der Waals surface area contributed by atoms with Gasteiger partial charge in [-0.05, 0) is 19.1 Å². The molecule has 3 amide bonds. The Labute approximate surface area is 139 Å². The van der Waals surface area contributed by atoms with E-state index in [0.29, 0.717) is 42.6 Å². The van der Waals surface area contributed by atoms with Crippen molar-refractivity contribution in [2.24, 2.45) is 0 Å². The van der Waals surface area contributed by atoms with Crippen LogP contribution >= 0.6 is 0 Å². The summed E-state index contributed by atoms with van der Waals surface area (Å²) < 4.78 is 10.4. The molecule has 8 heteroatoms. The van der Waals surface area contributed by atoms with Gasteiger partial charge in [-0.3, -0.25) is 4.79 Å². The lowest BCUT2D eigenvalue weighted by molar-refractivity contribution is -0.114. The maximum Gasteiger partial charge on any atom is 0.315 e. The molecule has 0 aliphatic carbocycles. The fraction of sp³-hybridized carbons (Fsp3) is 0.312. The van der Waals surface area contributed by atoms with Gasteiger partial charge in [0.25, 0.3) is 0 Å². The van der Waals surface area contributed by atoms with Gasteiger partial charge < -0.3 is 25.2 Å². The lowest BCUT2D eigenvalue weighted by Gasteiger charge is -2.09. The van der Waals surface area contributed by atoms with Crippen molar-refractivity contribution >= 4 is 17.6 Å². The number of nitrogens with zero attached hydrogens (tertiary/aromatic N) is 1. The van der Waals surface area contributed by atoms with Crippen LogP contribution < -0.4 is 20.7 Å². The number of aryl methyl sites for hydroxylation is 1. The van der Waals surface area contributed by atoms with Crippen LogP contribution in [-0.2, 0) is 11.3 Å². The Bertz CT molecular complexity index is 699. The fourth-order valence-electron chi connectivity index (χ4n) is 1.93. The van der Waals surface area contributed by atoms with Gasteiger partial charge in [-0.15, -0.1) is 0 Å². The molecule has 2 rings (SSSR count). The van der Waals surface area contributed by atoms with Crippen molar-refractivity contribution in [1.29, 1.82) is 0 Å². The SMILES string of the molecule is CC(=O)Nc1cccc(OCCNC(=O)NCc2cc(C)on2)c1. The summed E-state index contributed by atoms with van der Waals surface area (Å²) in [5.41, 5.74) is 1.32. The number of ether oxygens (including phenoxy) is 1. The molecule has 0 aliphatic heterocycles. The second-order valence-electron chi connectivity index (χ2n) is 5.10. The molecule has 24 heavy (non-hydrogen) atoms. The first-order valence-electron chi connectivity index (χ1n) is 7.47. The third-order valence-corrected chi connectivity index (χ3v) is 2.92. The van der Waals surface area contributed by atoms with Gasteiger partial charge in [-0.1, -0.05) is 11.2 Å². The minimum absolute atomic E-state index is 0.146. The Balaban J connectivity index is 1.65. The van der Waals surface area contributed by atoms with Crippen LogP contribution in [0.15, 0.2) is 34.9 Å². The predicted octanol–water partition coefficient (Wildman–Crippen LogP) is 1.82. The van der Waals surface area contributed by atoms with Crippen LogP contribution in [0.1, 0.15) is 18.4 Å². The molecule has 1 aromatic heterocycles. The van der Waals surface area contributed by atoms with Crippen LogP contribution in [-0.4, -0.2) is 30.2 Å². The zero-order valence-corrected chi connectivity index (χ0v) is 13.6. The predicted molar refractivity (Wildman–Crippen MR) is 87.7 cm³/mol. The van der Waals surface area contributed by atoms with Crippen molar-refractivity contribution in [3.8, 4) is 5.75 Å². The highest BCUT2D eigenvalue weighted by molar-refractivity contribution is 5.88. The van der Waals surface area contributed by atoms with Crippen molar-refractivity contribution in [3.63, 3.8) is 0 Å². The van der Waals surface area contributed by atoms with E-state index in [1.165, 1.54) is 6.92 Å². The Morgan fingerprint density at radius 1 is 1.25 bits per heavy atom. The van der Waals surface area contributed by atoms with Crippen molar-refractivity contribution in [2.45, 2.75) is 20.4 Å². The monoisotopic (exact) mass is 332 g/mol. The Hall–Kier alpha value is -3.03. The minimum atomic E-state index is -0.314. The minimum Gasteiger partial charge on any atom is -0.492 e. The number of carbonyl (C=O) groups excluding carboxylic acids is 2. The molecule has 0 bridgehead atoms. The summed E-state index contributed by atoms with van der Waals surface area (Å²) in [5, 5.41) is 11.8. The smallest absolute Gasteiger partial charge is 0.315 e. The summed E-state index contributed by atoms with van der Waals surface area (Å²) in [4.78, 5) is 22.6. The van der Waals surface area contributed by atoms with E-state index in [4.69, 9.17) is 9.26 Å². The number of urea groups is 1. The molecule has 0 spiro atoms. The number of hydrogen-bond acceptors (Lipinski definition) is 5. The number of benzene rings is 1. The van der Waals surface area contributed by atoms with E-state index in [1.807, 2.05) is 0 Å². The Morgan fingerprint density at radius 3 is 2.79 bits per heavy atom. The molecule has 0 unspecified atom stereocenters. The molecule has 8 nitrogen and oxygen atoms in total. The Kier molecular flexibility index (Phi) is 6.18. The van der Waals surface area contributed by atoms with E-state index < -0.39 is 0 Å². The molecule has 3 N–H and O–H groups in total. The maximum atomic E-state index is 11.6. The molecular weight excluding hydrogens is 312 g/mol. The first-order valence-corrected chi connectivity index (χ1v) is 7.47. The topological polar surface area (TPSA) is 105 Å². The number of amides is 3. The Morgan fingerprint density at radius 2 is 2.08 bits per heavy atom. The first-order chi connectivity index (χ1) is 11.5. The lowest BCUT2D eigenvalue weighted by Crippen LogP contribution is -2.37. The second-order valence-corrected chi connectivity index (χ2v) is 5.10. The third-order valence-electron chi connectivity index (χ3n) is 2.92. The van der Waals surface area contributed by atoms with E-state index in [9.17, 15) is 9.59 Å². The van der Waals surface area contributed by atoms with Crippen molar-refractivity contribution in [3.05, 3.63) is 41.8 Å². The average Bonchev–Trinajstić information content (AvgIpc) is 2.95. The molecule has 0 radical (unpaired) electrons. The zero-order valence-electron chi connectivity index (χ0n) is 13.6. The molecule has 0 aliphatic rings. The van der Waals surface area contributed by atoms with Crippen molar-refractivity contribution in [2.75, 3.05) is 18.5 Å². The summed E-state index contributed by atoms with van der Waals surface area (Å²) in [7, 11) is 0. The molecular formula is C16H20N4O4. The van der Waals surface area contributed by atoms with E-state index in [0.717, 1.165) is 0 Å². The van der Waals surface area contributed by atoms with Gasteiger partial charge in [-0.2, -0.15) is 0 Å². The number of nitrogens with one attached hydrogen (secondary N) is 3. The molecule has 2 aromatic rings. The largest absolute Gasteiger partial charge is 0.492 e. The molecule has 0 saturated carbocycles. The summed E-state index contributed by atoms with van der Waals surface area (Å²) in [6.45, 7) is 4.17. The summed E-state index contributed by atoms with van der Waals surface area (Å²) in [5.74, 6) is 1.16. The van der Waals surface area contributed by atoms with Crippen LogP contribution in [0.25, 0.3) is 0 Å². The van der Waals surface area contributed by atoms with Crippen LogP contribution in [0.2, 0.25) is 0 Å². The van der Waals surface area contributed by atoms with Crippen LogP contribution in [0.4, 0.5) is 10.5 Å². The molecule has 0 fully saturated rings. The van der Waals surface area contributed by atoms with Gasteiger partial charge in [-0.25, -0.2) is 4.79 Å². The lowest BCUT2D eigenvalue weighted by atomic mass is 10.3. The number of aromatic nitrogens is 1. The van der Waals surface area contributed by atoms with Gasteiger partial charge in [0.05, 0.1) is 13.1 Å². The second kappa shape index (κ2) is 8.56. The molecule has 1 heterocycles. The quantitative estimate of drug-likeness (QED) is 0.671. The van der Waals surface area contributed by atoms with Crippen LogP contribution in [0.5, 0.6) is 5.75 Å². The summed E-state index contributed by atoms with van der Waals surface area (Å²) in [6.07, 6.45) is 0. The number of anilines is 1. The summed E-state index contributed by atoms with van der Waals surface area (Å²) >= 11 is 0. The van der Waals surface area contributed by atoms with Gasteiger partial charge in [0.15, 0.2) is 0 Å². The number of carbonyl (C=O) groups is 2. The molecule has 0 atom stereocenters. The van der Waals surface area contributed by atoms with E-state index >= 15 is 0 Å². The van der Waals surface area contributed by atoms with Gasteiger partial charge >= 0.3 is 6.03 Å². The van der Waals surface area contributed by atoms with E-state index in [1.54, 1.807) is 37.3 Å². The highest BCUT2D eigenvalue weighted by Crippen LogP contribution is 2.16. The zero-order chi connectivity index (χ0) is 17.4. The van der Waals surface area contributed by atoms with Crippen molar-refractivity contribution in [1.82, 2.24) is 15.8 Å².